The van der Waals surface area contributed by atoms with E-state index in [-0.39, 0.29) is 25.3 Å². The molecule has 14 nitrogen and oxygen atoms in total. The summed E-state index contributed by atoms with van der Waals surface area (Å²) < 4.78 is 45.4. The minimum absolute atomic E-state index is 0.00923. The molecule has 3 heterocycles. The quantitative estimate of drug-likeness (QED) is 0.129. The number of fused-ring (bicyclic) bond motifs is 1. The Morgan fingerprint density at radius 1 is 1.09 bits per heavy atom. The number of carbonyl (C=O) groups excluding carboxylic acids is 3. The summed E-state index contributed by atoms with van der Waals surface area (Å²) in [4.78, 5) is 53.8. The van der Waals surface area contributed by atoms with Gasteiger partial charge in [0.15, 0.2) is 5.13 Å². The number of amides is 3. The maximum absolute atomic E-state index is 14.9. The van der Waals surface area contributed by atoms with Crippen molar-refractivity contribution in [3.05, 3.63) is 71.2 Å². The molecule has 58 heavy (non-hydrogen) atoms. The number of methoxy groups -OCH3 is 2. The second-order valence-corrected chi connectivity index (χ2v) is 19.4. The number of anilines is 1. The molecule has 0 spiro atoms. The highest BCUT2D eigenvalue weighted by atomic mass is 35.5. The van der Waals surface area contributed by atoms with Gasteiger partial charge in [0.05, 0.1) is 37.9 Å². The molecular formula is C41H47ClN6O8S2. The maximum Gasteiger partial charge on any atom is 0.259 e. The molecular weight excluding hydrogens is 804 g/mol. The van der Waals surface area contributed by atoms with Crippen molar-refractivity contribution in [3.8, 4) is 28.6 Å². The number of aromatic nitrogens is 2. The Hall–Kier alpha value is -4.93. The zero-order valence-corrected chi connectivity index (χ0v) is 35.5. The number of thiazole rings is 1. The highest BCUT2D eigenvalue weighted by Gasteiger charge is 2.62. The Morgan fingerprint density at radius 3 is 2.48 bits per heavy atom. The van der Waals surface area contributed by atoms with Crippen molar-refractivity contribution in [1.29, 1.82) is 0 Å². The topological polar surface area (TPSA) is 178 Å². The molecule has 3 aliphatic rings. The van der Waals surface area contributed by atoms with Gasteiger partial charge in [0, 0.05) is 39.1 Å². The van der Waals surface area contributed by atoms with E-state index in [1.807, 2.05) is 51.3 Å². The second-order valence-electron chi connectivity index (χ2n) is 16.2. The summed E-state index contributed by atoms with van der Waals surface area (Å²) in [6.07, 6.45) is 3.44. The lowest BCUT2D eigenvalue weighted by molar-refractivity contribution is -0.141. The largest absolute Gasteiger partial charge is 0.496 e. The van der Waals surface area contributed by atoms with E-state index in [1.165, 1.54) is 35.6 Å². The van der Waals surface area contributed by atoms with Gasteiger partial charge in [-0.05, 0) is 61.9 Å². The van der Waals surface area contributed by atoms with Gasteiger partial charge in [-0.3, -0.25) is 19.1 Å². The molecule has 0 bridgehead atoms. The number of hydrogen-bond donors (Lipinski definition) is 3. The maximum atomic E-state index is 14.9. The summed E-state index contributed by atoms with van der Waals surface area (Å²) in [7, 11) is -0.772. The highest BCUT2D eigenvalue weighted by molar-refractivity contribution is 7.91. The van der Waals surface area contributed by atoms with Crippen LogP contribution in [0.4, 0.5) is 5.13 Å². The average molecular weight is 851 g/mol. The van der Waals surface area contributed by atoms with Gasteiger partial charge in [-0.2, -0.15) is 0 Å². The molecule has 1 saturated heterocycles. The van der Waals surface area contributed by atoms with E-state index in [0.717, 1.165) is 11.1 Å². The minimum atomic E-state index is -3.90. The van der Waals surface area contributed by atoms with Crippen molar-refractivity contribution in [2.75, 3.05) is 26.1 Å². The number of nitrogens with one attached hydrogen (secondary N) is 3. The molecule has 17 heteroatoms. The summed E-state index contributed by atoms with van der Waals surface area (Å²) in [6, 6.07) is 9.06. The number of sulfonamides is 1. The fourth-order valence-corrected chi connectivity index (χ4v) is 9.67. The molecule has 5 atom stereocenters. The SMILES string of the molecule is C=C[C@@H]1C[C@]1(NC(=O)[C@@H]1C[C@@H](Oc2ncc(OC)c3ccc(Cl)cc23)CN1C(=O)[C@@H](Nc1nc(-c2cc(C)ccc2OC)cs1)C(C)(C)C)C(=O)NS(=O)(=O)C1CC1. The van der Waals surface area contributed by atoms with Gasteiger partial charge in [0.2, 0.25) is 27.7 Å². The summed E-state index contributed by atoms with van der Waals surface area (Å²) in [6.45, 7) is 11.5. The first kappa shape index (κ1) is 41.2. The van der Waals surface area contributed by atoms with Crippen LogP contribution in [0.5, 0.6) is 17.4 Å². The lowest BCUT2D eigenvalue weighted by atomic mass is 9.85. The molecule has 7 rings (SSSR count). The summed E-state index contributed by atoms with van der Waals surface area (Å²) in [5.74, 6) is -0.962. The number of halogens is 1. The van der Waals surface area contributed by atoms with Crippen molar-refractivity contribution >= 4 is 66.6 Å². The van der Waals surface area contributed by atoms with E-state index in [4.69, 9.17) is 30.8 Å². The zero-order valence-electron chi connectivity index (χ0n) is 33.1. The first-order valence-electron chi connectivity index (χ1n) is 18.9. The Morgan fingerprint density at radius 2 is 1.83 bits per heavy atom. The van der Waals surface area contributed by atoms with E-state index in [0.29, 0.717) is 51.0 Å². The van der Waals surface area contributed by atoms with E-state index in [2.05, 4.69) is 26.9 Å². The molecule has 2 aromatic heterocycles. The average Bonchev–Trinajstić information content (AvgIpc) is 4.07. The predicted molar refractivity (Wildman–Crippen MR) is 223 cm³/mol. The lowest BCUT2D eigenvalue weighted by Gasteiger charge is -2.35. The van der Waals surface area contributed by atoms with Crippen molar-refractivity contribution < 1.29 is 37.0 Å². The standard InChI is InChI=1S/C41H47ClN6O8S2/c1-8-23-18-41(23,38(51)47-58(52,53)26-11-12-26)46-35(49)31-17-25(56-36-28-16-24(42)10-13-27(28)33(55-7)19-43-36)20-48(31)37(50)34(40(3,4)5)45-39-44-30(21-57-39)29-15-22(2)9-14-32(29)54-6/h8-10,13-16,19,21,23,25-26,31,34H,1,11-12,17-18,20H2,2-7H3,(H,44,45)(H,46,49)(H,47,51)/t23-,25-,31+,34-,41-/m1/s1. The third kappa shape index (κ3) is 8.18. The smallest absolute Gasteiger partial charge is 0.259 e. The lowest BCUT2D eigenvalue weighted by Crippen LogP contribution is -2.58. The molecule has 3 amide bonds. The molecule has 4 aromatic rings. The Bertz CT molecular complexity index is 2400. The van der Waals surface area contributed by atoms with Gasteiger partial charge >= 0.3 is 0 Å². The molecule has 2 saturated carbocycles. The fraction of sp³-hybridized carbons (Fsp3) is 0.439. The monoisotopic (exact) mass is 850 g/mol. The van der Waals surface area contributed by atoms with Crippen molar-refractivity contribution in [2.45, 2.75) is 82.4 Å². The highest BCUT2D eigenvalue weighted by Crippen LogP contribution is 2.46. The first-order chi connectivity index (χ1) is 27.5. The number of carbonyl (C=O) groups is 3. The number of benzene rings is 2. The van der Waals surface area contributed by atoms with Gasteiger partial charge in [-0.1, -0.05) is 50.1 Å². The first-order valence-corrected chi connectivity index (χ1v) is 21.8. The molecule has 0 unspecified atom stereocenters. The van der Waals surface area contributed by atoms with E-state index in [9.17, 15) is 22.8 Å². The van der Waals surface area contributed by atoms with Gasteiger partial charge in [0.25, 0.3) is 5.91 Å². The van der Waals surface area contributed by atoms with Crippen molar-refractivity contribution in [2.24, 2.45) is 11.3 Å². The zero-order chi connectivity index (χ0) is 41.7. The van der Waals surface area contributed by atoms with Crippen LogP contribution in [-0.4, -0.2) is 90.7 Å². The Labute approximate surface area is 346 Å². The third-order valence-corrected chi connectivity index (χ3v) is 13.7. The van der Waals surface area contributed by atoms with E-state index < -0.39 is 68.1 Å². The number of nitrogens with zero attached hydrogens (tertiary/aromatic N) is 3. The summed E-state index contributed by atoms with van der Waals surface area (Å²) in [5.41, 5.74) is 0.286. The van der Waals surface area contributed by atoms with Crippen molar-refractivity contribution in [3.63, 3.8) is 0 Å². The summed E-state index contributed by atoms with van der Waals surface area (Å²) >= 11 is 7.72. The molecule has 3 N–H and O–H groups in total. The fourth-order valence-electron chi connectivity index (χ4n) is 7.40. The third-order valence-electron chi connectivity index (χ3n) is 10.9. The second kappa shape index (κ2) is 15.7. The van der Waals surface area contributed by atoms with Crippen LogP contribution < -0.4 is 29.6 Å². The molecule has 0 radical (unpaired) electrons. The molecule has 308 valence electrons. The number of likely N-dealkylation sites (tertiary alicyclic amines) is 1. The van der Waals surface area contributed by atoms with Crippen LogP contribution in [0.2, 0.25) is 5.02 Å². The number of hydrogen-bond acceptors (Lipinski definition) is 12. The van der Waals surface area contributed by atoms with Gasteiger partial charge < -0.3 is 29.7 Å². The predicted octanol–water partition coefficient (Wildman–Crippen LogP) is 5.88. The molecule has 3 fully saturated rings. The van der Waals surface area contributed by atoms with Crippen LogP contribution in [0, 0.1) is 18.3 Å². The van der Waals surface area contributed by atoms with Crippen LogP contribution in [0.3, 0.4) is 0 Å². The van der Waals surface area contributed by atoms with Crippen LogP contribution >= 0.6 is 22.9 Å². The Kier molecular flexibility index (Phi) is 11.1. The number of ether oxygens (including phenoxy) is 3. The normalized spacial score (nSPS) is 22.2. The molecule has 2 aromatic carbocycles. The van der Waals surface area contributed by atoms with Crippen molar-refractivity contribution in [1.82, 2.24) is 24.9 Å². The molecule has 1 aliphatic heterocycles. The van der Waals surface area contributed by atoms with Gasteiger partial charge in [-0.25, -0.2) is 18.4 Å². The Balaban J connectivity index is 1.20. The minimum Gasteiger partial charge on any atom is -0.496 e. The summed E-state index contributed by atoms with van der Waals surface area (Å²) in [5, 5.41) is 9.68. The van der Waals surface area contributed by atoms with E-state index in [1.54, 1.807) is 25.3 Å². The van der Waals surface area contributed by atoms with Crippen LogP contribution in [0.15, 0.2) is 60.6 Å². The van der Waals surface area contributed by atoms with Crippen LogP contribution in [0.1, 0.15) is 52.0 Å². The van der Waals surface area contributed by atoms with Gasteiger partial charge in [0.1, 0.15) is 35.2 Å². The molecule has 2 aliphatic carbocycles. The number of pyridine rings is 1. The van der Waals surface area contributed by atoms with E-state index >= 15 is 0 Å². The number of aryl methyl sites for hydroxylation is 1. The van der Waals surface area contributed by atoms with Gasteiger partial charge in [-0.15, -0.1) is 17.9 Å². The number of rotatable bonds is 14. The van der Waals surface area contributed by atoms with Crippen LogP contribution in [-0.2, 0) is 24.4 Å². The van der Waals surface area contributed by atoms with Crippen LogP contribution in [0.25, 0.3) is 22.0 Å².